The van der Waals surface area contributed by atoms with Crippen molar-refractivity contribution in [3.05, 3.63) is 41.8 Å². The first-order valence-electron chi connectivity index (χ1n) is 2.97. The van der Waals surface area contributed by atoms with Crippen molar-refractivity contribution >= 4 is 6.29 Å². The molecule has 0 fully saturated rings. The molecule has 11 heavy (non-hydrogen) atoms. The van der Waals surface area contributed by atoms with Gasteiger partial charge in [-0.3, -0.25) is 0 Å². The summed E-state index contributed by atoms with van der Waals surface area (Å²) in [6.07, 6.45) is 1.57. The highest BCUT2D eigenvalue weighted by Crippen LogP contribution is 2.08. The van der Waals surface area contributed by atoms with Crippen molar-refractivity contribution < 1.29 is 13.6 Å². The lowest BCUT2D eigenvalue weighted by Gasteiger charge is -1.94. The van der Waals surface area contributed by atoms with Crippen molar-refractivity contribution in [2.24, 2.45) is 0 Å². The summed E-state index contributed by atoms with van der Waals surface area (Å²) in [5.41, 5.74) is 0.234. The van der Waals surface area contributed by atoms with Crippen molar-refractivity contribution in [2.45, 2.75) is 0 Å². The van der Waals surface area contributed by atoms with Crippen molar-refractivity contribution in [2.75, 3.05) is 0 Å². The molecule has 1 rings (SSSR count). The Bertz CT molecular complexity index is 251. The maximum absolute atomic E-state index is 12.4. The molecule has 1 nitrogen and oxygen atoms in total. The van der Waals surface area contributed by atoms with Gasteiger partial charge in [0.2, 0.25) is 0 Å². The van der Waals surface area contributed by atoms with Crippen molar-refractivity contribution in [1.82, 2.24) is 0 Å². The second-order valence-electron chi connectivity index (χ2n) is 2.01. The predicted molar refractivity (Wildman–Crippen MR) is 35.8 cm³/mol. The van der Waals surface area contributed by atoms with Crippen LogP contribution in [0.5, 0.6) is 0 Å². The average Bonchev–Trinajstić information content (AvgIpc) is 1.85. The second-order valence-corrected chi connectivity index (χ2v) is 2.01. The number of halogens is 2. The fraction of sp³-hybridized carbons (Fsp3) is 0. The minimum atomic E-state index is -0.682. The largest absolute Gasteiger partial charge is 0.303 e. The van der Waals surface area contributed by atoms with Crippen LogP contribution in [-0.2, 0) is 4.79 Å². The Morgan fingerprint density at radius 1 is 1.09 bits per heavy atom. The van der Waals surface area contributed by atoms with Crippen LogP contribution in [0.1, 0.15) is 5.56 Å². The first-order chi connectivity index (χ1) is 5.22. The topological polar surface area (TPSA) is 17.1 Å². The van der Waals surface area contributed by atoms with Gasteiger partial charge in [-0.15, -0.1) is 0 Å². The summed E-state index contributed by atoms with van der Waals surface area (Å²) in [4.78, 5) is 9.90. The molecule has 0 N–H and O–H groups in total. The van der Waals surface area contributed by atoms with Gasteiger partial charge in [0.1, 0.15) is 17.9 Å². The molecule has 0 unspecified atom stereocenters. The smallest absolute Gasteiger partial charge is 0.128 e. The third kappa shape index (κ3) is 2.11. The summed E-state index contributed by atoms with van der Waals surface area (Å²) in [6, 6.07) is 2.91. The van der Waals surface area contributed by atoms with Crippen LogP contribution < -0.4 is 0 Å². The molecule has 0 aromatic heterocycles. The van der Waals surface area contributed by atoms with E-state index in [0.717, 1.165) is 24.6 Å². The molecule has 0 spiro atoms. The molecule has 0 amide bonds. The Labute approximate surface area is 62.7 Å². The van der Waals surface area contributed by atoms with Crippen LogP contribution in [0, 0.1) is 18.1 Å². The van der Waals surface area contributed by atoms with Gasteiger partial charge in [0.25, 0.3) is 0 Å². The first kappa shape index (κ1) is 7.85. The molecule has 0 aliphatic carbocycles. The Hall–Kier alpha value is -1.25. The zero-order valence-electron chi connectivity index (χ0n) is 5.55. The number of rotatable bonds is 2. The summed E-state index contributed by atoms with van der Waals surface area (Å²) < 4.78 is 24.8. The molecule has 0 bridgehead atoms. The van der Waals surface area contributed by atoms with Gasteiger partial charge in [0.15, 0.2) is 0 Å². The van der Waals surface area contributed by atoms with Gasteiger partial charge in [0, 0.05) is 6.07 Å². The number of benzene rings is 1. The van der Waals surface area contributed by atoms with Gasteiger partial charge in [-0.1, -0.05) is 0 Å². The number of hydrogen-bond donors (Lipinski definition) is 0. The molecule has 1 radical (unpaired) electrons. The first-order valence-corrected chi connectivity index (χ1v) is 2.97. The van der Waals surface area contributed by atoms with Gasteiger partial charge in [-0.25, -0.2) is 8.78 Å². The highest BCUT2D eigenvalue weighted by molar-refractivity contribution is 5.67. The Morgan fingerprint density at radius 3 is 2.09 bits per heavy atom. The van der Waals surface area contributed by atoms with Crippen LogP contribution >= 0.6 is 0 Å². The fourth-order valence-electron chi connectivity index (χ4n) is 0.750. The van der Waals surface area contributed by atoms with Crippen LogP contribution in [0.4, 0.5) is 8.78 Å². The van der Waals surface area contributed by atoms with Gasteiger partial charge in [-0.2, -0.15) is 0 Å². The lowest BCUT2D eigenvalue weighted by Crippen LogP contribution is -1.86. The molecule has 1 aromatic carbocycles. The Morgan fingerprint density at radius 2 is 1.64 bits per heavy atom. The number of aldehydes is 1. The molecule has 0 aliphatic heterocycles. The van der Waals surface area contributed by atoms with Crippen molar-refractivity contribution in [1.29, 1.82) is 0 Å². The molecule has 3 heteroatoms. The van der Waals surface area contributed by atoms with E-state index in [2.05, 4.69) is 0 Å². The summed E-state index contributed by atoms with van der Waals surface area (Å²) in [7, 11) is 0. The summed E-state index contributed by atoms with van der Waals surface area (Å²) in [5.74, 6) is -1.36. The average molecular weight is 155 g/mol. The second kappa shape index (κ2) is 3.23. The quantitative estimate of drug-likeness (QED) is 0.594. The molecule has 0 saturated carbocycles. The van der Waals surface area contributed by atoms with Crippen LogP contribution in [0.15, 0.2) is 18.2 Å². The molecule has 57 valence electrons. The molecular weight excluding hydrogens is 150 g/mol. The van der Waals surface area contributed by atoms with Crippen molar-refractivity contribution in [3.63, 3.8) is 0 Å². The molecule has 0 heterocycles. The van der Waals surface area contributed by atoms with Crippen LogP contribution in [0.25, 0.3) is 0 Å². The van der Waals surface area contributed by atoms with E-state index < -0.39 is 11.6 Å². The van der Waals surface area contributed by atoms with Gasteiger partial charge >= 0.3 is 0 Å². The number of carbonyl (C=O) groups excluding carboxylic acids is 1. The number of hydrogen-bond acceptors (Lipinski definition) is 1. The zero-order chi connectivity index (χ0) is 8.27. The van der Waals surface area contributed by atoms with Gasteiger partial charge in [0.05, 0.1) is 6.42 Å². The molecule has 0 aliphatic rings. The van der Waals surface area contributed by atoms with Crippen LogP contribution in [-0.4, -0.2) is 6.29 Å². The van der Waals surface area contributed by atoms with Crippen LogP contribution in [0.2, 0.25) is 0 Å². The van der Waals surface area contributed by atoms with E-state index in [1.165, 1.54) is 0 Å². The van der Waals surface area contributed by atoms with Crippen LogP contribution in [0.3, 0.4) is 0 Å². The van der Waals surface area contributed by atoms with Crippen molar-refractivity contribution in [3.8, 4) is 0 Å². The van der Waals surface area contributed by atoms with E-state index in [-0.39, 0.29) is 5.56 Å². The molecule has 1 aromatic rings. The lowest BCUT2D eigenvalue weighted by molar-refractivity contribution is -0.104. The highest BCUT2D eigenvalue weighted by Gasteiger charge is 1.98. The maximum Gasteiger partial charge on any atom is 0.128 e. The van der Waals surface area contributed by atoms with E-state index in [4.69, 9.17) is 0 Å². The highest BCUT2D eigenvalue weighted by atomic mass is 19.1. The third-order valence-corrected chi connectivity index (χ3v) is 1.15. The van der Waals surface area contributed by atoms with Gasteiger partial charge < -0.3 is 4.79 Å². The van der Waals surface area contributed by atoms with E-state index in [1.54, 1.807) is 0 Å². The van der Waals surface area contributed by atoms with E-state index in [1.807, 2.05) is 0 Å². The summed E-state index contributed by atoms with van der Waals surface area (Å²) in [6.45, 7) is 0. The van der Waals surface area contributed by atoms with E-state index in [0.29, 0.717) is 6.29 Å². The van der Waals surface area contributed by atoms with E-state index in [9.17, 15) is 13.6 Å². The minimum absolute atomic E-state index is 0.234. The lowest BCUT2D eigenvalue weighted by atomic mass is 10.1. The molecule has 0 saturated heterocycles. The van der Waals surface area contributed by atoms with Gasteiger partial charge in [-0.05, 0) is 17.7 Å². The maximum atomic E-state index is 12.4. The molecular formula is C8H5F2O. The Balaban J connectivity index is 2.98. The normalized spacial score (nSPS) is 9.64. The summed E-state index contributed by atoms with van der Waals surface area (Å²) >= 11 is 0. The zero-order valence-corrected chi connectivity index (χ0v) is 5.55. The van der Waals surface area contributed by atoms with E-state index >= 15 is 0 Å². The molecule has 0 atom stereocenters. The fourth-order valence-corrected chi connectivity index (χ4v) is 0.750. The predicted octanol–water partition coefficient (Wildman–Crippen LogP) is 1.72. The standard InChI is InChI=1S/C8H5F2O/c9-7-3-6(1-2-11)4-8(10)5-7/h1-5H. The minimum Gasteiger partial charge on any atom is -0.303 e. The monoisotopic (exact) mass is 155 g/mol. The SMILES string of the molecule is O=C[CH]c1cc(F)cc(F)c1. The number of carbonyl (C=O) groups is 1. The Kier molecular flexibility index (Phi) is 2.31. The summed E-state index contributed by atoms with van der Waals surface area (Å²) in [5, 5.41) is 0. The third-order valence-electron chi connectivity index (χ3n) is 1.15.